The van der Waals surface area contributed by atoms with Gasteiger partial charge in [0, 0.05) is 24.4 Å². The summed E-state index contributed by atoms with van der Waals surface area (Å²) < 4.78 is 21.3. The maximum atomic E-state index is 5.45. The van der Waals surface area contributed by atoms with E-state index in [9.17, 15) is 0 Å². The Balaban J connectivity index is 1.47. The number of hydrogen-bond acceptors (Lipinski definition) is 10. The third-order valence-electron chi connectivity index (χ3n) is 4.78. The van der Waals surface area contributed by atoms with E-state index in [1.165, 1.54) is 7.11 Å². The maximum absolute atomic E-state index is 5.45. The van der Waals surface area contributed by atoms with Gasteiger partial charge >= 0.3 is 6.01 Å². The molecule has 0 aliphatic carbocycles. The Morgan fingerprint density at radius 2 is 1.94 bits per heavy atom. The number of aromatic nitrogens is 4. The van der Waals surface area contributed by atoms with Crippen LogP contribution in [0.3, 0.4) is 0 Å². The van der Waals surface area contributed by atoms with Crippen molar-refractivity contribution in [1.29, 1.82) is 0 Å². The first-order valence-corrected chi connectivity index (χ1v) is 10.6. The third-order valence-corrected chi connectivity index (χ3v) is 5.66. The van der Waals surface area contributed by atoms with Crippen LogP contribution in [0, 0.1) is 0 Å². The van der Waals surface area contributed by atoms with E-state index in [-0.39, 0.29) is 12.8 Å². The molecule has 0 spiro atoms. The van der Waals surface area contributed by atoms with Crippen LogP contribution in [-0.2, 0) is 6.54 Å². The van der Waals surface area contributed by atoms with Crippen LogP contribution in [0.1, 0.15) is 5.56 Å². The Morgan fingerprint density at radius 3 is 2.75 bits per heavy atom. The number of nitrogens with one attached hydrogen (secondary N) is 1. The van der Waals surface area contributed by atoms with Crippen molar-refractivity contribution in [1.82, 2.24) is 19.9 Å². The van der Waals surface area contributed by atoms with Crippen molar-refractivity contribution < 1.29 is 18.9 Å². The van der Waals surface area contributed by atoms with Gasteiger partial charge in [-0.2, -0.15) is 9.97 Å². The fourth-order valence-corrected chi connectivity index (χ4v) is 3.95. The van der Waals surface area contributed by atoms with E-state index in [1.54, 1.807) is 30.7 Å². The molecule has 0 amide bonds. The van der Waals surface area contributed by atoms with Crippen LogP contribution in [0.15, 0.2) is 48.0 Å². The summed E-state index contributed by atoms with van der Waals surface area (Å²) in [7, 11) is 3.06. The van der Waals surface area contributed by atoms with Crippen molar-refractivity contribution in [3.05, 3.63) is 53.5 Å². The highest BCUT2D eigenvalue weighted by molar-refractivity contribution is 7.13. The van der Waals surface area contributed by atoms with Crippen molar-refractivity contribution in [2.24, 2.45) is 0 Å². The van der Waals surface area contributed by atoms with Gasteiger partial charge in [-0.05, 0) is 29.1 Å². The number of fused-ring (bicyclic) bond motifs is 1. The highest BCUT2D eigenvalue weighted by Gasteiger charge is 2.17. The monoisotopic (exact) mass is 449 g/mol. The Kier molecular flexibility index (Phi) is 5.42. The minimum Gasteiger partial charge on any atom is -0.481 e. The number of anilines is 1. The van der Waals surface area contributed by atoms with Crippen molar-refractivity contribution in [2.75, 3.05) is 26.3 Å². The van der Waals surface area contributed by atoms with Crippen LogP contribution in [-0.4, -0.2) is 40.9 Å². The van der Waals surface area contributed by atoms with Crippen LogP contribution in [0.25, 0.3) is 21.8 Å². The van der Waals surface area contributed by atoms with Gasteiger partial charge in [-0.15, -0.1) is 11.3 Å². The lowest BCUT2D eigenvalue weighted by Gasteiger charge is -2.12. The largest absolute Gasteiger partial charge is 0.481 e. The van der Waals surface area contributed by atoms with Crippen LogP contribution in [0.2, 0.25) is 0 Å². The Labute approximate surface area is 188 Å². The molecule has 1 aromatic carbocycles. The molecule has 32 heavy (non-hydrogen) atoms. The molecule has 162 valence electrons. The molecular weight excluding hydrogens is 430 g/mol. The molecule has 0 saturated carbocycles. The summed E-state index contributed by atoms with van der Waals surface area (Å²) in [4.78, 5) is 18.9. The minimum atomic E-state index is 0.210. The molecule has 5 rings (SSSR count). The van der Waals surface area contributed by atoms with E-state index in [1.807, 2.05) is 35.7 Å². The molecule has 0 fully saturated rings. The minimum absolute atomic E-state index is 0.210. The van der Waals surface area contributed by atoms with Crippen molar-refractivity contribution in [3.63, 3.8) is 0 Å². The fraction of sp³-hybridized carbons (Fsp3) is 0.182. The summed E-state index contributed by atoms with van der Waals surface area (Å²) >= 11 is 1.59. The number of thiophene rings is 1. The summed E-state index contributed by atoms with van der Waals surface area (Å²) in [6, 6.07) is 11.8. The Hall–Kier alpha value is -3.92. The number of rotatable bonds is 7. The van der Waals surface area contributed by atoms with Gasteiger partial charge in [-0.3, -0.25) is 0 Å². The van der Waals surface area contributed by atoms with Gasteiger partial charge in [-0.1, -0.05) is 12.1 Å². The summed E-state index contributed by atoms with van der Waals surface area (Å²) in [6.07, 6.45) is 1.74. The third kappa shape index (κ3) is 4.00. The molecule has 4 aromatic rings. The van der Waals surface area contributed by atoms with E-state index in [2.05, 4.69) is 20.3 Å². The van der Waals surface area contributed by atoms with Gasteiger partial charge in [0.1, 0.15) is 0 Å². The van der Waals surface area contributed by atoms with Crippen LogP contribution in [0.4, 0.5) is 5.95 Å². The molecule has 0 atom stereocenters. The van der Waals surface area contributed by atoms with E-state index in [4.69, 9.17) is 23.9 Å². The molecule has 0 unspecified atom stereocenters. The SMILES string of the molecule is COc1cc(-c2cnc(NCc3ccc4c(c3)OCO4)nc2-c2cccs2)nc(OC)n1. The van der Waals surface area contributed by atoms with E-state index < -0.39 is 0 Å². The first kappa shape index (κ1) is 20.0. The summed E-state index contributed by atoms with van der Waals surface area (Å²) in [5.74, 6) is 2.40. The Morgan fingerprint density at radius 1 is 1.03 bits per heavy atom. The molecule has 1 N–H and O–H groups in total. The van der Waals surface area contributed by atoms with Crippen molar-refractivity contribution in [3.8, 4) is 45.2 Å². The van der Waals surface area contributed by atoms with Gasteiger partial charge in [-0.25, -0.2) is 9.97 Å². The predicted octanol–water partition coefficient (Wildman–Crippen LogP) is 4.02. The summed E-state index contributed by atoms with van der Waals surface area (Å²) in [5, 5.41) is 5.28. The van der Waals surface area contributed by atoms with Gasteiger partial charge in [0.15, 0.2) is 11.5 Å². The second-order valence-corrected chi connectivity index (χ2v) is 7.70. The molecular formula is C22H19N5O4S. The highest BCUT2D eigenvalue weighted by atomic mass is 32.1. The molecule has 10 heteroatoms. The van der Waals surface area contributed by atoms with Crippen LogP contribution < -0.4 is 24.3 Å². The second-order valence-electron chi connectivity index (χ2n) is 6.76. The fourth-order valence-electron chi connectivity index (χ4n) is 3.23. The molecule has 9 nitrogen and oxygen atoms in total. The zero-order chi connectivity index (χ0) is 21.9. The summed E-state index contributed by atoms with van der Waals surface area (Å²) in [6.45, 7) is 0.786. The standard InChI is InChI=1S/C22H19N5O4S/c1-28-19-9-15(25-22(26-19)29-2)14-11-24-21(27-20(14)18-4-3-7-32-18)23-10-13-5-6-16-17(8-13)31-12-30-16/h3-9,11H,10,12H2,1-2H3,(H,23,24,27). The number of ether oxygens (including phenoxy) is 4. The van der Waals surface area contributed by atoms with E-state index in [0.29, 0.717) is 24.1 Å². The normalized spacial score (nSPS) is 11.9. The van der Waals surface area contributed by atoms with Crippen molar-refractivity contribution in [2.45, 2.75) is 6.54 Å². The number of nitrogens with zero attached hydrogens (tertiary/aromatic N) is 4. The lowest BCUT2D eigenvalue weighted by atomic mass is 10.1. The lowest BCUT2D eigenvalue weighted by Crippen LogP contribution is -2.05. The topological polar surface area (TPSA) is 101 Å². The van der Waals surface area contributed by atoms with Gasteiger partial charge in [0.05, 0.1) is 30.5 Å². The molecule has 3 aromatic heterocycles. The van der Waals surface area contributed by atoms with Crippen molar-refractivity contribution >= 4 is 17.3 Å². The first-order chi connectivity index (χ1) is 15.7. The average Bonchev–Trinajstić information content (AvgIpc) is 3.54. The average molecular weight is 449 g/mol. The zero-order valence-corrected chi connectivity index (χ0v) is 18.2. The van der Waals surface area contributed by atoms with E-state index in [0.717, 1.165) is 33.2 Å². The lowest BCUT2D eigenvalue weighted by molar-refractivity contribution is 0.174. The van der Waals surface area contributed by atoms with Crippen LogP contribution >= 0.6 is 11.3 Å². The smallest absolute Gasteiger partial charge is 0.320 e. The number of methoxy groups -OCH3 is 2. The van der Waals surface area contributed by atoms with E-state index >= 15 is 0 Å². The highest BCUT2D eigenvalue weighted by Crippen LogP contribution is 2.35. The number of hydrogen-bond donors (Lipinski definition) is 1. The van der Waals surface area contributed by atoms with Gasteiger partial charge < -0.3 is 24.3 Å². The first-order valence-electron chi connectivity index (χ1n) is 9.74. The van der Waals surface area contributed by atoms with Gasteiger partial charge in [0.2, 0.25) is 18.6 Å². The molecule has 4 heterocycles. The predicted molar refractivity (Wildman–Crippen MR) is 119 cm³/mol. The second kappa shape index (κ2) is 8.67. The van der Waals surface area contributed by atoms with Gasteiger partial charge in [0.25, 0.3) is 0 Å². The molecule has 0 bridgehead atoms. The van der Waals surface area contributed by atoms with Crippen LogP contribution in [0.5, 0.6) is 23.4 Å². The molecule has 0 saturated heterocycles. The maximum Gasteiger partial charge on any atom is 0.320 e. The summed E-state index contributed by atoms with van der Waals surface area (Å²) in [5.41, 5.74) is 3.15. The molecule has 0 radical (unpaired) electrons. The Bertz CT molecular complexity index is 1230. The zero-order valence-electron chi connectivity index (χ0n) is 17.4. The number of benzene rings is 1. The molecule has 1 aliphatic heterocycles. The quantitative estimate of drug-likeness (QED) is 0.448. The molecule has 1 aliphatic rings.